The van der Waals surface area contributed by atoms with Gasteiger partial charge in [-0.05, 0) is 128 Å². The van der Waals surface area contributed by atoms with E-state index in [0.29, 0.717) is 19.3 Å². The third-order valence-electron chi connectivity index (χ3n) is 16.7. The van der Waals surface area contributed by atoms with Gasteiger partial charge in [0.1, 0.15) is 25.4 Å². The van der Waals surface area contributed by atoms with Crippen LogP contribution in [0.3, 0.4) is 0 Å². The molecular formula is C83H144O16P2. The average molecular weight is 1460 g/mol. The first kappa shape index (κ1) is 97.0. The quantitative estimate of drug-likeness (QED) is 0.0146. The largest absolute Gasteiger partial charge is 0.472 e. The molecule has 0 aliphatic rings. The molecule has 0 radical (unpaired) electrons. The number of rotatable bonds is 75. The Balaban J connectivity index is 4.36. The van der Waals surface area contributed by atoms with Crippen LogP contribution in [0.25, 0.3) is 0 Å². The van der Waals surface area contributed by atoms with Crippen LogP contribution in [0.15, 0.2) is 122 Å². The zero-order chi connectivity index (χ0) is 73.7. The fourth-order valence-corrected chi connectivity index (χ4v) is 12.2. The summed E-state index contributed by atoms with van der Waals surface area (Å²) in [4.78, 5) is 58.5. The van der Waals surface area contributed by atoms with Gasteiger partial charge in [-0.1, -0.05) is 303 Å². The molecule has 0 amide bonds. The smallest absolute Gasteiger partial charge is 0.463 e. The van der Waals surface area contributed by atoms with Gasteiger partial charge < -0.3 is 34.2 Å². The van der Waals surface area contributed by atoms with E-state index in [9.17, 15) is 43.5 Å². The molecule has 0 aliphatic carbocycles. The predicted molar refractivity (Wildman–Crippen MR) is 417 cm³/mol. The standard InChI is InChI=1S/C83H144O16P2/c1-4-7-10-13-16-19-22-25-28-29-30-31-32-33-34-35-36-37-38-39-40-41-42-43-44-45-46-47-50-52-54-57-60-63-66-69-81(86)93-72-78(84)73-95-100(89,90)96-74-79(85)75-97-101(91,92)98-77-80(99-83(88)71-68-65-62-59-56-53-49-27-24-21-18-15-12-9-6-3)76-94-82(87)70-67-64-61-58-55-51-48-26-23-20-17-14-11-8-5-2/h8-9,11-12,16-21,25-28,30-31,33-34,48-49,78-80,84-85H,4-7,10,13-15,22-24,29,32,35-47,50-77H2,1-3H3,(H,89,90)(H,91,92)/b11-8-,12-9-,19-16-,20-17-,21-18-,28-25-,31-30-,34-33-,48-26-,49-27-. The zero-order valence-corrected chi connectivity index (χ0v) is 65.3. The van der Waals surface area contributed by atoms with E-state index >= 15 is 0 Å². The molecule has 0 saturated heterocycles. The molecule has 0 aromatic carbocycles. The molecule has 18 heteroatoms. The summed E-state index contributed by atoms with van der Waals surface area (Å²) in [6.45, 7) is 2.40. The molecule has 4 N–H and O–H groups in total. The molecule has 5 unspecified atom stereocenters. The first-order chi connectivity index (χ1) is 49.2. The van der Waals surface area contributed by atoms with E-state index in [2.05, 4.69) is 142 Å². The number of phosphoric acid groups is 2. The number of hydrogen-bond donors (Lipinski definition) is 4. The highest BCUT2D eigenvalue weighted by Crippen LogP contribution is 2.45. The van der Waals surface area contributed by atoms with E-state index in [1.807, 2.05) is 0 Å². The maximum atomic E-state index is 12.9. The van der Waals surface area contributed by atoms with Gasteiger partial charge in [0.15, 0.2) is 6.10 Å². The van der Waals surface area contributed by atoms with E-state index in [0.717, 1.165) is 141 Å². The SMILES string of the molecule is CC/C=C\C/C=C\C/C=C\CCCCCCCC(=O)OCC(COP(=O)(O)OCC(O)COP(=O)(O)OCC(O)COC(=O)CCCCCCCCCCCCCCCCCCCCC/C=C\C/C=C\C/C=C\C/C=C\CCCCC)OC(=O)CCCCCCC/C=C\C/C=C\C/C=C\CC. The number of allylic oxidation sites excluding steroid dienone is 20. The summed E-state index contributed by atoms with van der Waals surface area (Å²) < 4.78 is 61.0. The summed E-state index contributed by atoms with van der Waals surface area (Å²) in [5.41, 5.74) is 0. The van der Waals surface area contributed by atoms with Crippen LogP contribution in [0.5, 0.6) is 0 Å². The van der Waals surface area contributed by atoms with Gasteiger partial charge in [-0.25, -0.2) is 9.13 Å². The Morgan fingerprint density at radius 2 is 0.525 bits per heavy atom. The number of phosphoric ester groups is 2. The molecule has 0 saturated carbocycles. The maximum Gasteiger partial charge on any atom is 0.472 e. The number of carbonyl (C=O) groups is 3. The Bertz CT molecular complexity index is 2320. The molecule has 16 nitrogen and oxygen atoms in total. The summed E-state index contributed by atoms with van der Waals surface area (Å²) in [5, 5.41) is 20.6. The Labute approximate surface area is 614 Å². The third kappa shape index (κ3) is 76.9. The van der Waals surface area contributed by atoms with Crippen molar-refractivity contribution in [2.75, 3.05) is 39.6 Å². The number of aliphatic hydroxyl groups excluding tert-OH is 2. The minimum absolute atomic E-state index is 0.0795. The van der Waals surface area contributed by atoms with Crippen molar-refractivity contribution < 1.29 is 75.8 Å². The van der Waals surface area contributed by atoms with E-state index in [4.69, 9.17) is 32.3 Å². The van der Waals surface area contributed by atoms with E-state index in [-0.39, 0.29) is 19.3 Å². The van der Waals surface area contributed by atoms with Gasteiger partial charge in [-0.3, -0.25) is 32.5 Å². The predicted octanol–water partition coefficient (Wildman–Crippen LogP) is 23.3. The van der Waals surface area contributed by atoms with Crippen LogP contribution in [0.4, 0.5) is 0 Å². The van der Waals surface area contributed by atoms with Crippen molar-refractivity contribution in [2.45, 2.75) is 347 Å². The molecule has 0 aromatic heterocycles. The highest BCUT2D eigenvalue weighted by atomic mass is 31.2. The third-order valence-corrected chi connectivity index (χ3v) is 18.6. The van der Waals surface area contributed by atoms with Crippen LogP contribution in [0.1, 0.15) is 329 Å². The number of hydrogen-bond acceptors (Lipinski definition) is 14. The number of unbranched alkanes of at least 4 members (excludes halogenated alkanes) is 32. The number of aliphatic hydroxyl groups is 2. The number of carbonyl (C=O) groups excluding carboxylic acids is 3. The second-order valence-electron chi connectivity index (χ2n) is 26.5. The zero-order valence-electron chi connectivity index (χ0n) is 63.5. The second kappa shape index (κ2) is 75.6. The van der Waals surface area contributed by atoms with Crippen LogP contribution in [-0.4, -0.2) is 95.9 Å². The molecule has 101 heavy (non-hydrogen) atoms. The maximum absolute atomic E-state index is 12.9. The topological polar surface area (TPSA) is 231 Å². The summed E-state index contributed by atoms with van der Waals surface area (Å²) in [7, 11) is -9.79. The lowest BCUT2D eigenvalue weighted by Gasteiger charge is -2.21. The molecule has 0 aliphatic heterocycles. The van der Waals surface area contributed by atoms with Crippen molar-refractivity contribution in [3.8, 4) is 0 Å². The van der Waals surface area contributed by atoms with E-state index < -0.39 is 91.5 Å². The molecule has 0 spiro atoms. The molecule has 0 bridgehead atoms. The molecule has 582 valence electrons. The van der Waals surface area contributed by atoms with Crippen molar-refractivity contribution >= 4 is 33.6 Å². The molecule has 0 fully saturated rings. The summed E-state index contributed by atoms with van der Waals surface area (Å²) in [6.07, 6.45) is 89.9. The van der Waals surface area contributed by atoms with Crippen molar-refractivity contribution in [3.63, 3.8) is 0 Å². The first-order valence-corrected chi connectivity index (χ1v) is 42.8. The molecule has 5 atom stereocenters. The second-order valence-corrected chi connectivity index (χ2v) is 29.4. The minimum atomic E-state index is -4.94. The lowest BCUT2D eigenvalue weighted by molar-refractivity contribution is -0.161. The summed E-state index contributed by atoms with van der Waals surface area (Å²) >= 11 is 0. The van der Waals surface area contributed by atoms with Crippen molar-refractivity contribution in [2.24, 2.45) is 0 Å². The van der Waals surface area contributed by atoms with Gasteiger partial charge in [0, 0.05) is 19.3 Å². The van der Waals surface area contributed by atoms with Crippen molar-refractivity contribution in [3.05, 3.63) is 122 Å². The van der Waals surface area contributed by atoms with Gasteiger partial charge >= 0.3 is 33.6 Å². The van der Waals surface area contributed by atoms with E-state index in [1.54, 1.807) is 0 Å². The Morgan fingerprint density at radius 1 is 0.287 bits per heavy atom. The highest BCUT2D eigenvalue weighted by Gasteiger charge is 2.29. The van der Waals surface area contributed by atoms with Gasteiger partial charge in [-0.2, -0.15) is 0 Å². The number of ether oxygens (including phenoxy) is 3. The minimum Gasteiger partial charge on any atom is -0.463 e. The van der Waals surface area contributed by atoms with Crippen LogP contribution in [0, 0.1) is 0 Å². The molecule has 0 rings (SSSR count). The lowest BCUT2D eigenvalue weighted by Crippen LogP contribution is -2.30. The van der Waals surface area contributed by atoms with Gasteiger partial charge in [0.05, 0.1) is 26.4 Å². The van der Waals surface area contributed by atoms with Gasteiger partial charge in [0.25, 0.3) is 0 Å². The lowest BCUT2D eigenvalue weighted by atomic mass is 10.0. The molecule has 0 heterocycles. The van der Waals surface area contributed by atoms with Crippen LogP contribution in [-0.2, 0) is 55.8 Å². The molecule has 0 aromatic rings. The van der Waals surface area contributed by atoms with Crippen molar-refractivity contribution in [1.82, 2.24) is 0 Å². The molecular weight excluding hydrogens is 1310 g/mol. The number of esters is 3. The Morgan fingerprint density at radius 3 is 0.832 bits per heavy atom. The van der Waals surface area contributed by atoms with Crippen LogP contribution in [0.2, 0.25) is 0 Å². The monoisotopic (exact) mass is 1460 g/mol. The normalized spacial score (nSPS) is 14.6. The van der Waals surface area contributed by atoms with Crippen molar-refractivity contribution in [1.29, 1.82) is 0 Å². The summed E-state index contributed by atoms with van der Waals surface area (Å²) in [5.74, 6) is -1.61. The van der Waals surface area contributed by atoms with Gasteiger partial charge in [0.2, 0.25) is 0 Å². The fourth-order valence-electron chi connectivity index (χ4n) is 10.6. The van der Waals surface area contributed by atoms with Crippen LogP contribution < -0.4 is 0 Å². The Hall–Kier alpha value is -4.05. The highest BCUT2D eigenvalue weighted by molar-refractivity contribution is 7.47. The Kier molecular flexibility index (Phi) is 72.6. The van der Waals surface area contributed by atoms with Crippen LogP contribution >= 0.6 is 15.6 Å². The summed E-state index contributed by atoms with van der Waals surface area (Å²) in [6, 6.07) is 0. The fraction of sp³-hybridized carbons (Fsp3) is 0.723. The van der Waals surface area contributed by atoms with Gasteiger partial charge in [-0.15, -0.1) is 0 Å². The first-order valence-electron chi connectivity index (χ1n) is 39.8. The average Bonchev–Trinajstić information content (AvgIpc) is 0.942. The van der Waals surface area contributed by atoms with E-state index in [1.165, 1.54) is 128 Å².